The Kier molecular flexibility index (Phi) is 20.2. The molecule has 0 amide bonds. The highest BCUT2D eigenvalue weighted by molar-refractivity contribution is 5.24. The largest absolute Gasteiger partial charge is 0.347 e. The molecule has 0 aromatic rings. The maximum Gasteiger partial charge on any atom is 0.168 e. The van der Waals surface area contributed by atoms with Gasteiger partial charge in [-0.3, -0.25) is 0 Å². The van der Waals surface area contributed by atoms with Gasteiger partial charge in [-0.15, -0.1) is 5.73 Å². The molecule has 1 fully saturated rings. The third kappa shape index (κ3) is 16.7. The lowest BCUT2D eigenvalue weighted by Crippen LogP contribution is -2.31. The number of rotatable bonds is 22. The molecule has 0 N–H and O–H groups in total. The van der Waals surface area contributed by atoms with Gasteiger partial charge in [0.15, 0.2) is 5.79 Å². The minimum atomic E-state index is -0.361. The molecular weight excluding hydrogens is 454 g/mol. The number of likely N-dealkylation sites (N-methyl/N-ethyl adjacent to an activating group) is 1. The minimum Gasteiger partial charge on any atom is -0.347 e. The van der Waals surface area contributed by atoms with Gasteiger partial charge in [-0.1, -0.05) is 89.0 Å². The maximum absolute atomic E-state index is 6.46. The summed E-state index contributed by atoms with van der Waals surface area (Å²) in [6.07, 6.45) is 33.8. The van der Waals surface area contributed by atoms with Gasteiger partial charge in [0.05, 0.1) is 12.7 Å². The molecule has 1 saturated heterocycles. The lowest BCUT2D eigenvalue weighted by atomic mass is 10.0. The van der Waals surface area contributed by atoms with Crippen LogP contribution >= 0.6 is 0 Å². The van der Waals surface area contributed by atoms with Crippen molar-refractivity contribution in [3.8, 4) is 0 Å². The van der Waals surface area contributed by atoms with Gasteiger partial charge in [0.2, 0.25) is 0 Å². The van der Waals surface area contributed by atoms with Crippen LogP contribution in [0.1, 0.15) is 111 Å². The van der Waals surface area contributed by atoms with E-state index in [0.717, 1.165) is 51.8 Å². The zero-order chi connectivity index (χ0) is 27.0. The van der Waals surface area contributed by atoms with E-state index in [2.05, 4.69) is 87.6 Å². The summed E-state index contributed by atoms with van der Waals surface area (Å²) >= 11 is 0. The van der Waals surface area contributed by atoms with Gasteiger partial charge in [0.25, 0.3) is 0 Å². The SMILES string of the molecule is C=C/C=C(\C=C/C)CN(C)CC[C@@H]1COC(CC)(CCCCCCCC=C=CC/C=C\CCCCC)O1. The first-order valence-corrected chi connectivity index (χ1v) is 15.1. The van der Waals surface area contributed by atoms with Crippen molar-refractivity contribution in [2.45, 2.75) is 123 Å². The van der Waals surface area contributed by atoms with Gasteiger partial charge in [0.1, 0.15) is 0 Å². The van der Waals surface area contributed by atoms with Crippen LogP contribution < -0.4 is 0 Å². The molecule has 2 atom stereocenters. The number of nitrogens with zero attached hydrogens (tertiary/aromatic N) is 1. The second kappa shape index (κ2) is 22.4. The molecule has 0 radical (unpaired) electrons. The summed E-state index contributed by atoms with van der Waals surface area (Å²) in [7, 11) is 2.17. The Bertz CT molecular complexity index is 728. The predicted molar refractivity (Wildman–Crippen MR) is 162 cm³/mol. The molecule has 3 heteroatoms. The fraction of sp³-hybridized carbons (Fsp3) is 0.676. The van der Waals surface area contributed by atoms with E-state index in [1.54, 1.807) is 0 Å². The number of unbranched alkanes of at least 4 members (excludes halogenated alkanes) is 8. The highest BCUT2D eigenvalue weighted by atomic mass is 16.7. The van der Waals surface area contributed by atoms with Crippen molar-refractivity contribution < 1.29 is 9.47 Å². The molecule has 1 rings (SSSR count). The Balaban J connectivity index is 2.15. The molecule has 0 aliphatic carbocycles. The summed E-state index contributed by atoms with van der Waals surface area (Å²) in [5.41, 5.74) is 4.61. The summed E-state index contributed by atoms with van der Waals surface area (Å²) in [6.45, 7) is 13.0. The van der Waals surface area contributed by atoms with Gasteiger partial charge >= 0.3 is 0 Å². The normalized spacial score (nSPS) is 20.2. The van der Waals surface area contributed by atoms with Crippen molar-refractivity contribution >= 4 is 0 Å². The molecule has 0 aromatic carbocycles. The summed E-state index contributed by atoms with van der Waals surface area (Å²) in [5.74, 6) is -0.361. The van der Waals surface area contributed by atoms with Crippen molar-refractivity contribution in [1.82, 2.24) is 4.90 Å². The third-order valence-corrected chi connectivity index (χ3v) is 6.99. The smallest absolute Gasteiger partial charge is 0.168 e. The Hall–Kier alpha value is -1.64. The number of allylic oxidation sites excluding steroid dienone is 6. The zero-order valence-electron chi connectivity index (χ0n) is 24.7. The van der Waals surface area contributed by atoms with E-state index in [-0.39, 0.29) is 11.9 Å². The molecule has 0 bridgehead atoms. The van der Waals surface area contributed by atoms with E-state index in [0.29, 0.717) is 0 Å². The average Bonchev–Trinajstić information content (AvgIpc) is 3.31. The molecule has 210 valence electrons. The highest BCUT2D eigenvalue weighted by Crippen LogP contribution is 2.33. The first-order chi connectivity index (χ1) is 18.1. The topological polar surface area (TPSA) is 21.7 Å². The zero-order valence-corrected chi connectivity index (χ0v) is 24.7. The van der Waals surface area contributed by atoms with Crippen LogP contribution in [0, 0.1) is 0 Å². The summed E-state index contributed by atoms with van der Waals surface area (Å²) in [4.78, 5) is 2.35. The van der Waals surface area contributed by atoms with Crippen LogP contribution in [0.3, 0.4) is 0 Å². The Morgan fingerprint density at radius 1 is 1.03 bits per heavy atom. The van der Waals surface area contributed by atoms with Gasteiger partial charge in [0, 0.05) is 19.5 Å². The fourth-order valence-electron chi connectivity index (χ4n) is 4.73. The lowest BCUT2D eigenvalue weighted by molar-refractivity contribution is -0.176. The third-order valence-electron chi connectivity index (χ3n) is 6.99. The molecule has 1 aliphatic rings. The number of hydrogen-bond donors (Lipinski definition) is 0. The molecule has 1 aliphatic heterocycles. The van der Waals surface area contributed by atoms with Crippen LogP contribution in [0.15, 0.2) is 66.5 Å². The quantitative estimate of drug-likeness (QED) is 0.0625. The van der Waals surface area contributed by atoms with E-state index in [1.807, 2.05) is 6.08 Å². The van der Waals surface area contributed by atoms with Crippen LogP contribution in [-0.4, -0.2) is 43.5 Å². The Labute approximate surface area is 230 Å². The van der Waals surface area contributed by atoms with Crippen LogP contribution in [0.2, 0.25) is 0 Å². The summed E-state index contributed by atoms with van der Waals surface area (Å²) in [5, 5.41) is 0. The second-order valence-corrected chi connectivity index (χ2v) is 10.4. The van der Waals surface area contributed by atoms with Gasteiger partial charge in [-0.05, 0) is 83.1 Å². The molecule has 0 aromatic heterocycles. The average molecular weight is 512 g/mol. The summed E-state index contributed by atoms with van der Waals surface area (Å²) < 4.78 is 12.7. The van der Waals surface area contributed by atoms with Crippen molar-refractivity contribution in [2.24, 2.45) is 0 Å². The predicted octanol–water partition coefficient (Wildman–Crippen LogP) is 9.49. The van der Waals surface area contributed by atoms with Gasteiger partial charge in [-0.25, -0.2) is 0 Å². The number of ether oxygens (including phenoxy) is 2. The van der Waals surface area contributed by atoms with Crippen molar-refractivity contribution in [1.29, 1.82) is 0 Å². The first kappa shape index (κ1) is 33.4. The van der Waals surface area contributed by atoms with E-state index in [4.69, 9.17) is 9.47 Å². The Morgan fingerprint density at radius 2 is 1.81 bits per heavy atom. The lowest BCUT2D eigenvalue weighted by Gasteiger charge is -2.27. The minimum absolute atomic E-state index is 0.201. The van der Waals surface area contributed by atoms with Crippen LogP contribution in [0.25, 0.3) is 0 Å². The standard InChI is InChI=1S/C34H57NO2/c1-6-10-11-12-13-14-15-16-17-18-19-20-21-22-23-24-28-34(9-4)36-31-33(37-34)27-29-35(5)30-32(25-7-2)26-8-3/h7-8,13-14,16,18,25-26,33H,2,6,9-12,15,19-24,27-31H2,1,3-5H3/b14-13-,26-8-,32-25+/t17?,33-,34?/m1/s1. The van der Waals surface area contributed by atoms with Crippen molar-refractivity contribution in [3.05, 3.63) is 66.5 Å². The van der Waals surface area contributed by atoms with Gasteiger partial charge < -0.3 is 14.4 Å². The molecule has 3 nitrogen and oxygen atoms in total. The Morgan fingerprint density at radius 3 is 2.57 bits per heavy atom. The fourth-order valence-corrected chi connectivity index (χ4v) is 4.73. The summed E-state index contributed by atoms with van der Waals surface area (Å²) in [6, 6.07) is 0. The second-order valence-electron chi connectivity index (χ2n) is 10.4. The first-order valence-electron chi connectivity index (χ1n) is 15.1. The molecule has 1 unspecified atom stereocenters. The van der Waals surface area contributed by atoms with Gasteiger partial charge in [-0.2, -0.15) is 0 Å². The molecule has 37 heavy (non-hydrogen) atoms. The monoisotopic (exact) mass is 511 g/mol. The highest BCUT2D eigenvalue weighted by Gasteiger charge is 2.39. The van der Waals surface area contributed by atoms with E-state index in [1.165, 1.54) is 63.4 Å². The van der Waals surface area contributed by atoms with Crippen LogP contribution in [0.5, 0.6) is 0 Å². The van der Waals surface area contributed by atoms with E-state index >= 15 is 0 Å². The molecular formula is C34H57NO2. The van der Waals surface area contributed by atoms with E-state index < -0.39 is 0 Å². The van der Waals surface area contributed by atoms with Crippen molar-refractivity contribution in [2.75, 3.05) is 26.7 Å². The molecule has 0 spiro atoms. The van der Waals surface area contributed by atoms with E-state index in [9.17, 15) is 0 Å². The van der Waals surface area contributed by atoms with Crippen LogP contribution in [0.4, 0.5) is 0 Å². The number of hydrogen-bond acceptors (Lipinski definition) is 3. The maximum atomic E-state index is 6.46. The van der Waals surface area contributed by atoms with Crippen molar-refractivity contribution in [3.63, 3.8) is 0 Å². The molecule has 0 saturated carbocycles. The van der Waals surface area contributed by atoms with Crippen LogP contribution in [-0.2, 0) is 9.47 Å². The molecule has 1 heterocycles.